The van der Waals surface area contributed by atoms with Gasteiger partial charge in [-0.1, -0.05) is 85.3 Å². The molecular weight excluding hydrogens is 416 g/mol. The fourth-order valence-electron chi connectivity index (χ4n) is 5.72. The number of unbranched alkanes of at least 4 members (excludes halogenated alkanes) is 1. The number of nitrogens with zero attached hydrogens (tertiary/aromatic N) is 2. The normalized spacial score (nSPS) is 15.8. The zero-order chi connectivity index (χ0) is 23.2. The highest BCUT2D eigenvalue weighted by Gasteiger charge is 2.27. The summed E-state index contributed by atoms with van der Waals surface area (Å²) in [6.07, 6.45) is 6.28. The lowest BCUT2D eigenvalue weighted by Gasteiger charge is -2.35. The molecule has 2 aliphatic rings. The molecular formula is C31H36N2O. The van der Waals surface area contributed by atoms with Crippen LogP contribution >= 0.6 is 0 Å². The van der Waals surface area contributed by atoms with Crippen molar-refractivity contribution in [2.24, 2.45) is 0 Å². The molecule has 0 saturated carbocycles. The van der Waals surface area contributed by atoms with E-state index in [2.05, 4.69) is 82.6 Å². The summed E-state index contributed by atoms with van der Waals surface area (Å²) < 4.78 is 0. The predicted octanol–water partition coefficient (Wildman–Crippen LogP) is 6.14. The van der Waals surface area contributed by atoms with Crippen LogP contribution in [0.2, 0.25) is 0 Å². The molecule has 0 radical (unpaired) electrons. The van der Waals surface area contributed by atoms with Crippen LogP contribution < -0.4 is 0 Å². The Balaban J connectivity index is 1.02. The molecule has 3 aromatic carbocycles. The summed E-state index contributed by atoms with van der Waals surface area (Å²) in [5, 5.41) is 0. The monoisotopic (exact) mass is 452 g/mol. The Morgan fingerprint density at radius 2 is 1.32 bits per heavy atom. The van der Waals surface area contributed by atoms with Crippen molar-refractivity contribution in [3.8, 4) is 11.1 Å². The summed E-state index contributed by atoms with van der Waals surface area (Å²) in [6.45, 7) is 4.94. The van der Waals surface area contributed by atoms with Gasteiger partial charge in [0.25, 0.3) is 0 Å². The van der Waals surface area contributed by atoms with Gasteiger partial charge in [0.05, 0.1) is 0 Å². The fourth-order valence-corrected chi connectivity index (χ4v) is 5.72. The van der Waals surface area contributed by atoms with Gasteiger partial charge in [-0.3, -0.25) is 9.69 Å². The van der Waals surface area contributed by atoms with E-state index < -0.39 is 0 Å². The van der Waals surface area contributed by atoms with Gasteiger partial charge in [0.2, 0.25) is 5.91 Å². The molecule has 0 spiro atoms. The summed E-state index contributed by atoms with van der Waals surface area (Å²) in [5.41, 5.74) is 7.18. The van der Waals surface area contributed by atoms with Crippen LogP contribution in [0, 0.1) is 0 Å². The Morgan fingerprint density at radius 3 is 2.00 bits per heavy atom. The maximum absolute atomic E-state index is 12.6. The largest absolute Gasteiger partial charge is 0.340 e. The standard InChI is InChI=1S/C31H36N2O/c34-31(19-10-13-25-11-2-1-3-12-25)33-23-21-32(22-24-33)20-9-8-18-30-28-16-6-4-14-26(28)27-15-5-7-17-29(27)30/h1-7,11-12,14-17,30H,8-10,13,18-24H2. The quantitative estimate of drug-likeness (QED) is 0.364. The van der Waals surface area contributed by atoms with E-state index in [1.165, 1.54) is 47.1 Å². The molecule has 3 heteroatoms. The van der Waals surface area contributed by atoms with Crippen molar-refractivity contribution in [3.05, 3.63) is 95.6 Å². The molecule has 3 aromatic rings. The van der Waals surface area contributed by atoms with Gasteiger partial charge in [0.15, 0.2) is 0 Å². The van der Waals surface area contributed by atoms with Crippen LogP contribution in [0.4, 0.5) is 0 Å². The van der Waals surface area contributed by atoms with Crippen molar-refractivity contribution in [2.75, 3.05) is 32.7 Å². The summed E-state index contributed by atoms with van der Waals surface area (Å²) in [5.74, 6) is 0.868. The van der Waals surface area contributed by atoms with Crippen molar-refractivity contribution >= 4 is 5.91 Å². The second kappa shape index (κ2) is 11.0. The minimum atomic E-state index is 0.328. The number of hydrogen-bond donors (Lipinski definition) is 0. The van der Waals surface area contributed by atoms with E-state index in [1.54, 1.807) is 0 Å². The van der Waals surface area contributed by atoms with Crippen molar-refractivity contribution in [1.29, 1.82) is 0 Å². The summed E-state index contributed by atoms with van der Waals surface area (Å²) in [7, 11) is 0. The molecule has 0 atom stereocenters. The highest BCUT2D eigenvalue weighted by atomic mass is 16.2. The van der Waals surface area contributed by atoms with Gasteiger partial charge in [-0.25, -0.2) is 0 Å². The Bertz CT molecular complexity index is 1040. The molecule has 5 rings (SSSR count). The molecule has 0 N–H and O–H groups in total. The molecule has 0 aromatic heterocycles. The number of carbonyl (C=O) groups excluding carboxylic acids is 1. The average Bonchev–Trinajstić information content (AvgIpc) is 3.21. The highest BCUT2D eigenvalue weighted by molar-refractivity contribution is 5.78. The first kappa shape index (κ1) is 22.9. The van der Waals surface area contributed by atoms with E-state index in [4.69, 9.17) is 0 Å². The molecule has 0 unspecified atom stereocenters. The lowest BCUT2D eigenvalue weighted by molar-refractivity contribution is -0.133. The van der Waals surface area contributed by atoms with Crippen LogP contribution in [0.5, 0.6) is 0 Å². The number of carbonyl (C=O) groups is 1. The molecule has 1 aliphatic heterocycles. The van der Waals surface area contributed by atoms with Crippen LogP contribution in [-0.2, 0) is 11.2 Å². The first-order chi connectivity index (χ1) is 16.8. The van der Waals surface area contributed by atoms with E-state index in [9.17, 15) is 4.79 Å². The first-order valence-corrected chi connectivity index (χ1v) is 13.0. The Labute approximate surface area is 204 Å². The van der Waals surface area contributed by atoms with E-state index in [-0.39, 0.29) is 0 Å². The van der Waals surface area contributed by atoms with Crippen LogP contribution in [0.1, 0.15) is 54.7 Å². The van der Waals surface area contributed by atoms with Crippen LogP contribution in [0.25, 0.3) is 11.1 Å². The molecule has 1 amide bonds. The van der Waals surface area contributed by atoms with Gasteiger partial charge in [0.1, 0.15) is 0 Å². The first-order valence-electron chi connectivity index (χ1n) is 13.0. The minimum Gasteiger partial charge on any atom is -0.340 e. The van der Waals surface area contributed by atoms with Crippen LogP contribution in [0.3, 0.4) is 0 Å². The van der Waals surface area contributed by atoms with Gasteiger partial charge >= 0.3 is 0 Å². The topological polar surface area (TPSA) is 23.6 Å². The molecule has 0 bridgehead atoms. The smallest absolute Gasteiger partial charge is 0.222 e. The molecule has 1 fully saturated rings. The maximum Gasteiger partial charge on any atom is 0.222 e. The van der Waals surface area contributed by atoms with Crippen molar-refractivity contribution in [2.45, 2.75) is 44.4 Å². The Morgan fingerprint density at radius 1 is 0.706 bits per heavy atom. The number of fused-ring (bicyclic) bond motifs is 3. The number of aryl methyl sites for hydroxylation is 1. The third-order valence-corrected chi connectivity index (χ3v) is 7.60. The summed E-state index contributed by atoms with van der Waals surface area (Å²) in [4.78, 5) is 17.2. The lowest BCUT2D eigenvalue weighted by atomic mass is 9.91. The second-order valence-electron chi connectivity index (χ2n) is 9.78. The molecule has 1 aliphatic carbocycles. The number of hydrogen-bond acceptors (Lipinski definition) is 2. The van der Waals surface area contributed by atoms with E-state index >= 15 is 0 Å². The van der Waals surface area contributed by atoms with Gasteiger partial charge in [-0.15, -0.1) is 0 Å². The predicted molar refractivity (Wildman–Crippen MR) is 140 cm³/mol. The minimum absolute atomic E-state index is 0.328. The van der Waals surface area contributed by atoms with E-state index in [0.717, 1.165) is 45.6 Å². The second-order valence-corrected chi connectivity index (χ2v) is 9.78. The van der Waals surface area contributed by atoms with Gasteiger partial charge in [0, 0.05) is 38.5 Å². The van der Waals surface area contributed by atoms with Gasteiger partial charge in [-0.2, -0.15) is 0 Å². The molecule has 176 valence electrons. The zero-order valence-electron chi connectivity index (χ0n) is 20.2. The molecule has 1 saturated heterocycles. The lowest BCUT2D eigenvalue weighted by Crippen LogP contribution is -2.48. The van der Waals surface area contributed by atoms with Crippen LogP contribution in [-0.4, -0.2) is 48.4 Å². The average molecular weight is 453 g/mol. The van der Waals surface area contributed by atoms with Crippen LogP contribution in [0.15, 0.2) is 78.9 Å². The third kappa shape index (κ3) is 5.26. The highest BCUT2D eigenvalue weighted by Crippen LogP contribution is 2.46. The maximum atomic E-state index is 12.6. The zero-order valence-corrected chi connectivity index (χ0v) is 20.2. The SMILES string of the molecule is O=C(CCCc1ccccc1)N1CCN(CCCCC2c3ccccc3-c3ccccc32)CC1. The van der Waals surface area contributed by atoms with Crippen molar-refractivity contribution in [3.63, 3.8) is 0 Å². The Hall–Kier alpha value is -2.91. The van der Waals surface area contributed by atoms with E-state index in [0.29, 0.717) is 18.2 Å². The third-order valence-electron chi connectivity index (χ3n) is 7.60. The van der Waals surface area contributed by atoms with Crippen molar-refractivity contribution < 1.29 is 4.79 Å². The summed E-state index contributed by atoms with van der Waals surface area (Å²) >= 11 is 0. The summed E-state index contributed by atoms with van der Waals surface area (Å²) in [6, 6.07) is 28.3. The molecule has 3 nitrogen and oxygen atoms in total. The number of benzene rings is 3. The van der Waals surface area contributed by atoms with Gasteiger partial charge in [-0.05, 0) is 60.0 Å². The van der Waals surface area contributed by atoms with E-state index in [1.807, 2.05) is 6.07 Å². The molecule has 34 heavy (non-hydrogen) atoms. The number of amides is 1. The fraction of sp³-hybridized carbons (Fsp3) is 0.387. The van der Waals surface area contributed by atoms with Crippen molar-refractivity contribution in [1.82, 2.24) is 9.80 Å². The number of rotatable bonds is 9. The van der Waals surface area contributed by atoms with Gasteiger partial charge < -0.3 is 4.90 Å². The number of piperazine rings is 1. The molecule has 1 heterocycles. The Kier molecular flexibility index (Phi) is 7.40.